The summed E-state index contributed by atoms with van der Waals surface area (Å²) in [6.07, 6.45) is -3.57. The summed E-state index contributed by atoms with van der Waals surface area (Å²) in [7, 11) is 0. The van der Waals surface area contributed by atoms with E-state index in [4.69, 9.17) is 23.2 Å². The van der Waals surface area contributed by atoms with Gasteiger partial charge in [-0.15, -0.1) is 0 Å². The van der Waals surface area contributed by atoms with Gasteiger partial charge in [-0.05, 0) is 24.3 Å². The van der Waals surface area contributed by atoms with Crippen molar-refractivity contribution in [2.24, 2.45) is 5.10 Å². The summed E-state index contributed by atoms with van der Waals surface area (Å²) in [5.74, 6) is -0.621. The second kappa shape index (κ2) is 7.02. The van der Waals surface area contributed by atoms with Gasteiger partial charge in [0, 0.05) is 11.1 Å². The standard InChI is InChI=1S/C15H9Cl2F3N2O/c16-12-6-5-9(7-13(12)17)14(23)22-21-8-10-3-1-2-4-11(10)15(18,19)20/h1-8H,(H,22,23). The maximum atomic E-state index is 12.8. The fraction of sp³-hybridized carbons (Fsp3) is 0.0667. The van der Waals surface area contributed by atoms with Gasteiger partial charge in [-0.2, -0.15) is 18.3 Å². The van der Waals surface area contributed by atoms with Crippen LogP contribution < -0.4 is 5.43 Å². The zero-order valence-corrected chi connectivity index (χ0v) is 12.9. The van der Waals surface area contributed by atoms with Crippen molar-refractivity contribution in [3.63, 3.8) is 0 Å². The molecular formula is C15H9Cl2F3N2O. The highest BCUT2D eigenvalue weighted by atomic mass is 35.5. The number of carbonyl (C=O) groups excluding carboxylic acids is 1. The van der Waals surface area contributed by atoms with E-state index in [9.17, 15) is 18.0 Å². The number of hydrogen-bond acceptors (Lipinski definition) is 2. The van der Waals surface area contributed by atoms with Gasteiger partial charge in [-0.25, -0.2) is 5.43 Å². The average Bonchev–Trinajstić information content (AvgIpc) is 2.49. The topological polar surface area (TPSA) is 41.5 Å². The Labute approximate surface area is 139 Å². The van der Waals surface area contributed by atoms with Crippen LogP contribution >= 0.6 is 23.2 Å². The Hall–Kier alpha value is -2.05. The maximum absolute atomic E-state index is 12.8. The number of nitrogens with one attached hydrogen (secondary N) is 1. The predicted octanol–water partition coefficient (Wildman–Crippen LogP) is 4.78. The Kier molecular flexibility index (Phi) is 5.28. The predicted molar refractivity (Wildman–Crippen MR) is 83.0 cm³/mol. The van der Waals surface area contributed by atoms with Crippen LogP contribution in [0.25, 0.3) is 0 Å². The monoisotopic (exact) mass is 360 g/mol. The highest BCUT2D eigenvalue weighted by molar-refractivity contribution is 6.42. The number of alkyl halides is 3. The third-order valence-corrected chi connectivity index (χ3v) is 3.56. The lowest BCUT2D eigenvalue weighted by Crippen LogP contribution is -2.18. The molecule has 8 heteroatoms. The van der Waals surface area contributed by atoms with E-state index in [2.05, 4.69) is 10.5 Å². The van der Waals surface area contributed by atoms with Crippen LogP contribution in [-0.4, -0.2) is 12.1 Å². The average molecular weight is 361 g/mol. The van der Waals surface area contributed by atoms with Gasteiger partial charge in [0.1, 0.15) is 0 Å². The molecule has 2 aromatic carbocycles. The van der Waals surface area contributed by atoms with Crippen LogP contribution in [-0.2, 0) is 6.18 Å². The fourth-order valence-corrected chi connectivity index (χ4v) is 2.03. The Morgan fingerprint density at radius 3 is 2.43 bits per heavy atom. The molecule has 2 rings (SSSR count). The number of hydrazone groups is 1. The molecule has 3 nitrogen and oxygen atoms in total. The molecule has 0 aliphatic carbocycles. The molecule has 0 unspecified atom stereocenters. The van der Waals surface area contributed by atoms with E-state index in [1.807, 2.05) is 0 Å². The number of rotatable bonds is 3. The molecule has 0 aromatic heterocycles. The van der Waals surface area contributed by atoms with Gasteiger partial charge in [0.05, 0.1) is 21.8 Å². The van der Waals surface area contributed by atoms with Crippen molar-refractivity contribution in [3.05, 3.63) is 69.2 Å². The van der Waals surface area contributed by atoms with Gasteiger partial charge in [0.2, 0.25) is 0 Å². The zero-order chi connectivity index (χ0) is 17.0. The second-order valence-corrected chi connectivity index (χ2v) is 5.23. The van der Waals surface area contributed by atoms with Crippen molar-refractivity contribution < 1.29 is 18.0 Å². The molecule has 0 atom stereocenters. The van der Waals surface area contributed by atoms with E-state index in [0.717, 1.165) is 12.3 Å². The van der Waals surface area contributed by atoms with E-state index in [0.29, 0.717) is 0 Å². The first-order chi connectivity index (χ1) is 10.8. The van der Waals surface area contributed by atoms with E-state index in [-0.39, 0.29) is 21.2 Å². The smallest absolute Gasteiger partial charge is 0.267 e. The lowest BCUT2D eigenvalue weighted by molar-refractivity contribution is -0.137. The van der Waals surface area contributed by atoms with Crippen molar-refractivity contribution in [3.8, 4) is 0 Å². The first-order valence-corrected chi connectivity index (χ1v) is 6.99. The summed E-state index contributed by atoms with van der Waals surface area (Å²) in [5.41, 5.74) is 1.32. The number of carbonyl (C=O) groups is 1. The third-order valence-electron chi connectivity index (χ3n) is 2.82. The quantitative estimate of drug-likeness (QED) is 0.621. The molecule has 0 aliphatic heterocycles. The van der Waals surface area contributed by atoms with Crippen molar-refractivity contribution in [2.45, 2.75) is 6.18 Å². The summed E-state index contributed by atoms with van der Waals surface area (Å²) in [6, 6.07) is 9.08. The first kappa shape index (κ1) is 17.3. The summed E-state index contributed by atoms with van der Waals surface area (Å²) >= 11 is 11.5. The van der Waals surface area contributed by atoms with E-state index in [1.165, 1.54) is 36.4 Å². The maximum Gasteiger partial charge on any atom is 0.417 e. The molecule has 0 radical (unpaired) electrons. The molecule has 0 fully saturated rings. The van der Waals surface area contributed by atoms with Crippen LogP contribution in [0, 0.1) is 0 Å². The second-order valence-electron chi connectivity index (χ2n) is 4.41. The molecule has 0 bridgehead atoms. The highest BCUT2D eigenvalue weighted by Crippen LogP contribution is 2.31. The van der Waals surface area contributed by atoms with Gasteiger partial charge in [-0.1, -0.05) is 41.4 Å². The van der Waals surface area contributed by atoms with Crippen LogP contribution in [0.1, 0.15) is 21.5 Å². The van der Waals surface area contributed by atoms with Gasteiger partial charge in [-0.3, -0.25) is 4.79 Å². The van der Waals surface area contributed by atoms with Gasteiger partial charge in [0.15, 0.2) is 0 Å². The molecular weight excluding hydrogens is 352 g/mol. The number of hydrogen-bond donors (Lipinski definition) is 1. The van der Waals surface area contributed by atoms with Crippen LogP contribution in [0.3, 0.4) is 0 Å². The van der Waals surface area contributed by atoms with Crippen molar-refractivity contribution >= 4 is 35.3 Å². The number of benzene rings is 2. The Balaban J connectivity index is 2.13. The minimum absolute atomic E-state index is 0.158. The molecule has 120 valence electrons. The molecule has 2 aromatic rings. The minimum Gasteiger partial charge on any atom is -0.267 e. The molecule has 0 aliphatic rings. The third kappa shape index (κ3) is 4.46. The largest absolute Gasteiger partial charge is 0.417 e. The number of amides is 1. The van der Waals surface area contributed by atoms with Crippen LogP contribution in [0.5, 0.6) is 0 Å². The molecule has 0 saturated heterocycles. The molecule has 23 heavy (non-hydrogen) atoms. The lowest BCUT2D eigenvalue weighted by Gasteiger charge is -2.09. The lowest BCUT2D eigenvalue weighted by atomic mass is 10.1. The van der Waals surface area contributed by atoms with Crippen molar-refractivity contribution in [1.82, 2.24) is 5.43 Å². The highest BCUT2D eigenvalue weighted by Gasteiger charge is 2.32. The van der Waals surface area contributed by atoms with Crippen LogP contribution in [0.15, 0.2) is 47.6 Å². The van der Waals surface area contributed by atoms with Crippen molar-refractivity contribution in [2.75, 3.05) is 0 Å². The summed E-state index contributed by atoms with van der Waals surface area (Å²) in [4.78, 5) is 11.8. The van der Waals surface area contributed by atoms with Crippen LogP contribution in [0.2, 0.25) is 10.0 Å². The Morgan fingerprint density at radius 2 is 1.78 bits per heavy atom. The van der Waals surface area contributed by atoms with Crippen molar-refractivity contribution in [1.29, 1.82) is 0 Å². The minimum atomic E-state index is -4.50. The van der Waals surface area contributed by atoms with E-state index < -0.39 is 17.6 Å². The first-order valence-electron chi connectivity index (χ1n) is 6.23. The molecule has 0 spiro atoms. The Bertz CT molecular complexity index is 761. The molecule has 0 saturated carbocycles. The SMILES string of the molecule is O=C(NN=Cc1ccccc1C(F)(F)F)c1ccc(Cl)c(Cl)c1. The normalized spacial score (nSPS) is 11.7. The summed E-state index contributed by atoms with van der Waals surface area (Å²) in [5, 5.41) is 4.01. The zero-order valence-electron chi connectivity index (χ0n) is 11.4. The molecule has 0 heterocycles. The van der Waals surface area contributed by atoms with E-state index in [1.54, 1.807) is 0 Å². The number of halogens is 5. The molecule has 1 N–H and O–H groups in total. The van der Waals surface area contributed by atoms with Crippen LogP contribution in [0.4, 0.5) is 13.2 Å². The van der Waals surface area contributed by atoms with E-state index >= 15 is 0 Å². The number of nitrogens with zero attached hydrogens (tertiary/aromatic N) is 1. The Morgan fingerprint density at radius 1 is 1.09 bits per heavy atom. The summed E-state index contributed by atoms with van der Waals surface area (Å²) < 4.78 is 38.4. The summed E-state index contributed by atoms with van der Waals surface area (Å²) in [6.45, 7) is 0. The van der Waals surface area contributed by atoms with Gasteiger partial charge < -0.3 is 0 Å². The molecule has 1 amide bonds. The van der Waals surface area contributed by atoms with Gasteiger partial charge in [0.25, 0.3) is 5.91 Å². The van der Waals surface area contributed by atoms with Gasteiger partial charge >= 0.3 is 6.18 Å². The fourth-order valence-electron chi connectivity index (χ4n) is 1.73.